The third-order valence-corrected chi connectivity index (χ3v) is 5.43. The van der Waals surface area contributed by atoms with Crippen LogP contribution >= 0.6 is 22.9 Å². The fourth-order valence-electron chi connectivity index (χ4n) is 2.74. The SMILES string of the molecule is COc1ccc(/C=c2/sc3nc(/C=C/c4ccc(Cl)cc4)nn3c2=O)c(OC)c1. The number of benzene rings is 2. The second-order valence-electron chi connectivity index (χ2n) is 6.07. The van der Waals surface area contributed by atoms with Crippen molar-refractivity contribution in [1.82, 2.24) is 14.6 Å². The van der Waals surface area contributed by atoms with Crippen LogP contribution in [-0.2, 0) is 0 Å². The molecule has 2 aromatic carbocycles. The lowest BCUT2D eigenvalue weighted by atomic mass is 10.2. The van der Waals surface area contributed by atoms with E-state index in [9.17, 15) is 4.79 Å². The van der Waals surface area contributed by atoms with Gasteiger partial charge in [-0.2, -0.15) is 9.50 Å². The second kappa shape index (κ2) is 8.06. The molecule has 0 saturated heterocycles. The van der Waals surface area contributed by atoms with Crippen LogP contribution in [0.5, 0.6) is 11.5 Å². The number of hydrogen-bond donors (Lipinski definition) is 0. The van der Waals surface area contributed by atoms with Crippen LogP contribution in [0.3, 0.4) is 0 Å². The van der Waals surface area contributed by atoms with Gasteiger partial charge in [0.25, 0.3) is 5.56 Å². The van der Waals surface area contributed by atoms with E-state index >= 15 is 0 Å². The van der Waals surface area contributed by atoms with Crippen molar-refractivity contribution >= 4 is 46.1 Å². The molecule has 6 nitrogen and oxygen atoms in total. The third-order valence-electron chi connectivity index (χ3n) is 4.22. The largest absolute Gasteiger partial charge is 0.497 e. The third kappa shape index (κ3) is 4.01. The molecule has 0 aliphatic rings. The summed E-state index contributed by atoms with van der Waals surface area (Å²) >= 11 is 7.16. The summed E-state index contributed by atoms with van der Waals surface area (Å²) < 4.78 is 12.4. The van der Waals surface area contributed by atoms with E-state index in [1.54, 1.807) is 32.4 Å². The maximum Gasteiger partial charge on any atom is 0.291 e. The lowest BCUT2D eigenvalue weighted by molar-refractivity contribution is 0.393. The summed E-state index contributed by atoms with van der Waals surface area (Å²) in [6.07, 6.45) is 5.40. The molecule has 4 rings (SSSR count). The number of aromatic nitrogens is 3. The number of halogens is 1. The van der Waals surface area contributed by atoms with Crippen LogP contribution in [0.4, 0.5) is 0 Å². The van der Waals surface area contributed by atoms with E-state index in [1.165, 1.54) is 15.9 Å². The molecule has 0 bridgehead atoms. The van der Waals surface area contributed by atoms with Gasteiger partial charge in [-0.05, 0) is 42.0 Å². The molecular weight excluding hydrogens is 410 g/mol. The van der Waals surface area contributed by atoms with Gasteiger partial charge in [0.05, 0.1) is 18.8 Å². The Hall–Kier alpha value is -3.16. The predicted molar refractivity (Wildman–Crippen MR) is 116 cm³/mol. The Bertz CT molecular complexity index is 1310. The van der Waals surface area contributed by atoms with Crippen molar-refractivity contribution in [2.45, 2.75) is 0 Å². The highest BCUT2D eigenvalue weighted by molar-refractivity contribution is 7.15. The summed E-state index contributed by atoms with van der Waals surface area (Å²) in [7, 11) is 3.17. The number of fused-ring (bicyclic) bond motifs is 1. The fourth-order valence-corrected chi connectivity index (χ4v) is 3.77. The molecule has 0 N–H and O–H groups in total. The average Bonchev–Trinajstić information content (AvgIpc) is 3.26. The average molecular weight is 426 g/mol. The number of hydrogen-bond acceptors (Lipinski definition) is 6. The standard InChI is InChI=1S/C21H16ClN3O3S/c1-27-16-9-6-14(17(12-16)28-2)11-18-20(26)25-21(29-18)23-19(24-25)10-5-13-3-7-15(22)8-4-13/h3-12H,1-2H3/b10-5+,18-11+. The first-order valence-electron chi connectivity index (χ1n) is 8.64. The monoisotopic (exact) mass is 425 g/mol. The molecule has 0 fully saturated rings. The van der Waals surface area contributed by atoms with E-state index in [-0.39, 0.29) is 5.56 Å². The van der Waals surface area contributed by atoms with Crippen molar-refractivity contribution in [3.05, 3.63) is 79.3 Å². The van der Waals surface area contributed by atoms with Gasteiger partial charge in [-0.25, -0.2) is 0 Å². The summed E-state index contributed by atoms with van der Waals surface area (Å²) in [4.78, 5) is 17.7. The number of nitrogens with zero attached hydrogens (tertiary/aromatic N) is 3. The van der Waals surface area contributed by atoms with E-state index in [2.05, 4.69) is 10.1 Å². The molecule has 0 unspecified atom stereocenters. The Balaban J connectivity index is 1.68. The van der Waals surface area contributed by atoms with Gasteiger partial charge in [0.2, 0.25) is 4.96 Å². The van der Waals surface area contributed by atoms with E-state index in [4.69, 9.17) is 21.1 Å². The number of thiazole rings is 1. The van der Waals surface area contributed by atoms with Crippen molar-refractivity contribution in [3.63, 3.8) is 0 Å². The molecule has 4 aromatic rings. The van der Waals surface area contributed by atoms with Crippen LogP contribution in [0.2, 0.25) is 5.02 Å². The minimum atomic E-state index is -0.221. The molecule has 0 saturated carbocycles. The molecule has 8 heteroatoms. The summed E-state index contributed by atoms with van der Waals surface area (Å²) in [5, 5.41) is 4.97. The van der Waals surface area contributed by atoms with Crippen LogP contribution in [0.1, 0.15) is 17.0 Å². The van der Waals surface area contributed by atoms with E-state index in [0.717, 1.165) is 11.1 Å². The minimum Gasteiger partial charge on any atom is -0.497 e. The van der Waals surface area contributed by atoms with Gasteiger partial charge in [0, 0.05) is 16.7 Å². The molecule has 2 aromatic heterocycles. The molecule has 29 heavy (non-hydrogen) atoms. The van der Waals surface area contributed by atoms with Gasteiger partial charge in [-0.3, -0.25) is 4.79 Å². The van der Waals surface area contributed by atoms with Crippen molar-refractivity contribution in [3.8, 4) is 11.5 Å². The molecule has 0 aliphatic carbocycles. The molecular formula is C21H16ClN3O3S. The number of rotatable bonds is 5. The van der Waals surface area contributed by atoms with Crippen LogP contribution < -0.4 is 19.6 Å². The van der Waals surface area contributed by atoms with E-state index in [1.807, 2.05) is 42.5 Å². The highest BCUT2D eigenvalue weighted by Crippen LogP contribution is 2.25. The lowest BCUT2D eigenvalue weighted by Crippen LogP contribution is -2.23. The van der Waals surface area contributed by atoms with Crippen molar-refractivity contribution in [2.75, 3.05) is 14.2 Å². The molecule has 0 aliphatic heterocycles. The zero-order valence-corrected chi connectivity index (χ0v) is 17.2. The molecule has 2 heterocycles. The molecule has 0 atom stereocenters. The number of methoxy groups -OCH3 is 2. The highest BCUT2D eigenvalue weighted by atomic mass is 35.5. The fraction of sp³-hybridized carbons (Fsp3) is 0.0952. The van der Waals surface area contributed by atoms with E-state index < -0.39 is 0 Å². The predicted octanol–water partition coefficient (Wildman–Crippen LogP) is 3.54. The van der Waals surface area contributed by atoms with Crippen molar-refractivity contribution in [1.29, 1.82) is 0 Å². The summed E-state index contributed by atoms with van der Waals surface area (Å²) in [6, 6.07) is 12.8. The topological polar surface area (TPSA) is 65.7 Å². The maximum absolute atomic E-state index is 12.7. The summed E-state index contributed by atoms with van der Waals surface area (Å²) in [6.45, 7) is 0. The van der Waals surface area contributed by atoms with Gasteiger partial charge < -0.3 is 9.47 Å². The first-order chi connectivity index (χ1) is 14.1. The first kappa shape index (κ1) is 19.2. The Morgan fingerprint density at radius 3 is 2.55 bits per heavy atom. The lowest BCUT2D eigenvalue weighted by Gasteiger charge is -2.06. The summed E-state index contributed by atoms with van der Waals surface area (Å²) in [5.41, 5.74) is 1.52. The highest BCUT2D eigenvalue weighted by Gasteiger charge is 2.10. The Labute approximate surface area is 175 Å². The van der Waals surface area contributed by atoms with Crippen LogP contribution in [-0.4, -0.2) is 28.8 Å². The quantitative estimate of drug-likeness (QED) is 0.489. The van der Waals surface area contributed by atoms with Crippen molar-refractivity contribution in [2.24, 2.45) is 0 Å². The van der Waals surface area contributed by atoms with Gasteiger partial charge in [0.1, 0.15) is 11.5 Å². The zero-order valence-electron chi connectivity index (χ0n) is 15.6. The van der Waals surface area contributed by atoms with Crippen LogP contribution in [0, 0.1) is 0 Å². The van der Waals surface area contributed by atoms with Crippen molar-refractivity contribution < 1.29 is 9.47 Å². The summed E-state index contributed by atoms with van der Waals surface area (Å²) in [5.74, 6) is 1.77. The Morgan fingerprint density at radius 1 is 1.07 bits per heavy atom. The van der Waals surface area contributed by atoms with E-state index in [0.29, 0.717) is 31.8 Å². The van der Waals surface area contributed by atoms with Gasteiger partial charge in [0.15, 0.2) is 5.82 Å². The van der Waals surface area contributed by atoms with Gasteiger partial charge >= 0.3 is 0 Å². The second-order valence-corrected chi connectivity index (χ2v) is 7.52. The Kier molecular flexibility index (Phi) is 5.33. The molecule has 146 valence electrons. The zero-order chi connectivity index (χ0) is 20.4. The Morgan fingerprint density at radius 2 is 1.86 bits per heavy atom. The smallest absolute Gasteiger partial charge is 0.291 e. The molecule has 0 radical (unpaired) electrons. The first-order valence-corrected chi connectivity index (χ1v) is 9.84. The van der Waals surface area contributed by atoms with Crippen LogP contribution in [0.15, 0.2) is 47.3 Å². The number of ether oxygens (including phenoxy) is 2. The molecule has 0 spiro atoms. The maximum atomic E-state index is 12.7. The molecule has 0 amide bonds. The van der Waals surface area contributed by atoms with Crippen LogP contribution in [0.25, 0.3) is 23.2 Å². The van der Waals surface area contributed by atoms with Gasteiger partial charge in [-0.15, -0.1) is 5.10 Å². The van der Waals surface area contributed by atoms with Gasteiger partial charge in [-0.1, -0.05) is 41.1 Å². The normalized spacial score (nSPS) is 12.2. The minimum absolute atomic E-state index is 0.221.